The molecule has 0 aliphatic heterocycles. The first-order chi connectivity index (χ1) is 12.0. The smallest absolute Gasteiger partial charge is 0.333 e. The number of carbonyl (C=O) groups excluding carboxylic acids is 1. The van der Waals surface area contributed by atoms with Crippen molar-refractivity contribution < 1.29 is 18.7 Å². The summed E-state index contributed by atoms with van der Waals surface area (Å²) >= 11 is 0. The molecule has 4 heteroatoms. The van der Waals surface area contributed by atoms with Crippen molar-refractivity contribution >= 4 is 23.0 Å². The molecule has 0 N–H and O–H groups in total. The summed E-state index contributed by atoms with van der Waals surface area (Å²) in [5.74, 6) is 0.782. The van der Waals surface area contributed by atoms with Crippen LogP contribution < -0.4 is 4.74 Å². The number of hydrogen-bond donors (Lipinski definition) is 0. The first-order valence-corrected chi connectivity index (χ1v) is 8.56. The van der Waals surface area contributed by atoms with Crippen LogP contribution in [-0.2, 0) is 16.1 Å². The van der Waals surface area contributed by atoms with E-state index < -0.39 is 0 Å². The van der Waals surface area contributed by atoms with Gasteiger partial charge >= 0.3 is 5.97 Å². The lowest BCUT2D eigenvalue weighted by Gasteiger charge is -2.24. The molecular weight excluding hydrogens is 316 g/mol. The zero-order chi connectivity index (χ0) is 18.1. The second-order valence-corrected chi connectivity index (χ2v) is 6.55. The third-order valence-electron chi connectivity index (χ3n) is 4.92. The Morgan fingerprint density at radius 3 is 2.88 bits per heavy atom. The number of hydrogen-bond acceptors (Lipinski definition) is 4. The molecule has 0 fully saturated rings. The summed E-state index contributed by atoms with van der Waals surface area (Å²) in [6.07, 6.45) is 8.67. The Balaban J connectivity index is 2.19. The van der Waals surface area contributed by atoms with Crippen LogP contribution in [0, 0.1) is 6.92 Å². The Kier molecular flexibility index (Phi) is 4.71. The van der Waals surface area contributed by atoms with Crippen molar-refractivity contribution in [2.24, 2.45) is 0 Å². The summed E-state index contributed by atoms with van der Waals surface area (Å²) in [4.78, 5) is 12.1. The molecule has 0 amide bonds. The van der Waals surface area contributed by atoms with E-state index in [1.54, 1.807) is 26.4 Å². The zero-order valence-corrected chi connectivity index (χ0v) is 15.4. The molecule has 3 rings (SSSR count). The van der Waals surface area contributed by atoms with Crippen molar-refractivity contribution in [2.75, 3.05) is 7.11 Å². The SMILES string of the molecule is CC=C(C)C(=O)OCc1c2c(c(OC)c3occ(C)c13)C=CC[C@@H]2C. The quantitative estimate of drug-likeness (QED) is 0.561. The van der Waals surface area contributed by atoms with E-state index in [9.17, 15) is 4.79 Å². The minimum atomic E-state index is -0.291. The molecule has 0 saturated carbocycles. The van der Waals surface area contributed by atoms with Gasteiger partial charge in [0.2, 0.25) is 0 Å². The summed E-state index contributed by atoms with van der Waals surface area (Å²) in [5, 5.41) is 0.990. The Labute approximate surface area is 148 Å². The van der Waals surface area contributed by atoms with Crippen molar-refractivity contribution in [3.05, 3.63) is 46.2 Å². The van der Waals surface area contributed by atoms with E-state index in [0.717, 1.165) is 34.2 Å². The predicted molar refractivity (Wildman–Crippen MR) is 98.8 cm³/mol. The topological polar surface area (TPSA) is 48.7 Å². The Hall–Kier alpha value is -2.49. The maximum Gasteiger partial charge on any atom is 0.333 e. The van der Waals surface area contributed by atoms with E-state index in [1.165, 1.54) is 5.56 Å². The number of aryl methyl sites for hydroxylation is 1. The number of esters is 1. The number of benzene rings is 1. The van der Waals surface area contributed by atoms with Gasteiger partial charge in [-0.1, -0.05) is 25.2 Å². The fourth-order valence-electron chi connectivity index (χ4n) is 3.49. The van der Waals surface area contributed by atoms with E-state index >= 15 is 0 Å². The lowest BCUT2D eigenvalue weighted by Crippen LogP contribution is -2.12. The highest BCUT2D eigenvalue weighted by atomic mass is 16.5. The molecule has 0 spiro atoms. The van der Waals surface area contributed by atoms with Crippen LogP contribution in [0.4, 0.5) is 0 Å². The molecule has 4 nitrogen and oxygen atoms in total. The Morgan fingerprint density at radius 2 is 2.20 bits per heavy atom. The van der Waals surface area contributed by atoms with Gasteiger partial charge in [-0.3, -0.25) is 0 Å². The molecular formula is C21H24O4. The Morgan fingerprint density at radius 1 is 1.44 bits per heavy atom. The maximum atomic E-state index is 12.1. The minimum absolute atomic E-state index is 0.228. The van der Waals surface area contributed by atoms with Crippen LogP contribution >= 0.6 is 0 Å². The molecule has 1 aromatic heterocycles. The van der Waals surface area contributed by atoms with Crippen molar-refractivity contribution in [1.29, 1.82) is 0 Å². The van der Waals surface area contributed by atoms with Gasteiger partial charge in [0, 0.05) is 22.1 Å². The van der Waals surface area contributed by atoms with Crippen LogP contribution in [0.2, 0.25) is 0 Å². The third-order valence-corrected chi connectivity index (χ3v) is 4.92. The van der Waals surface area contributed by atoms with Gasteiger partial charge in [-0.05, 0) is 44.2 Å². The molecule has 1 atom stereocenters. The van der Waals surface area contributed by atoms with Gasteiger partial charge in [0.25, 0.3) is 0 Å². The van der Waals surface area contributed by atoms with E-state index in [4.69, 9.17) is 13.9 Å². The number of methoxy groups -OCH3 is 1. The monoisotopic (exact) mass is 340 g/mol. The molecule has 1 aliphatic rings. The predicted octanol–water partition coefficient (Wildman–Crippen LogP) is 5.28. The summed E-state index contributed by atoms with van der Waals surface area (Å²) in [5.41, 5.74) is 5.57. The lowest BCUT2D eigenvalue weighted by atomic mass is 9.82. The third kappa shape index (κ3) is 2.86. The second-order valence-electron chi connectivity index (χ2n) is 6.55. The van der Waals surface area contributed by atoms with Crippen molar-refractivity contribution in [1.82, 2.24) is 0 Å². The average molecular weight is 340 g/mol. The number of rotatable bonds is 4. The van der Waals surface area contributed by atoms with Crippen molar-refractivity contribution in [2.45, 2.75) is 46.6 Å². The lowest BCUT2D eigenvalue weighted by molar-refractivity contribution is -0.140. The summed E-state index contributed by atoms with van der Waals surface area (Å²) in [6, 6.07) is 0. The van der Waals surface area contributed by atoms with Gasteiger partial charge in [0.1, 0.15) is 6.61 Å². The number of furan rings is 1. The molecule has 132 valence electrons. The highest BCUT2D eigenvalue weighted by Crippen LogP contribution is 2.45. The molecule has 0 bridgehead atoms. The molecule has 0 saturated heterocycles. The van der Waals surface area contributed by atoms with E-state index in [-0.39, 0.29) is 12.6 Å². The van der Waals surface area contributed by atoms with Crippen molar-refractivity contribution in [3.8, 4) is 5.75 Å². The van der Waals surface area contributed by atoms with Gasteiger partial charge in [0.15, 0.2) is 11.3 Å². The summed E-state index contributed by atoms with van der Waals surface area (Å²) in [6.45, 7) is 8.01. The molecule has 0 unspecified atom stereocenters. The normalized spacial score (nSPS) is 16.8. The molecule has 1 aromatic carbocycles. The zero-order valence-electron chi connectivity index (χ0n) is 15.4. The van der Waals surface area contributed by atoms with Crippen LogP contribution in [0.5, 0.6) is 5.75 Å². The first-order valence-electron chi connectivity index (χ1n) is 8.56. The van der Waals surface area contributed by atoms with E-state index in [0.29, 0.717) is 17.1 Å². The van der Waals surface area contributed by atoms with Gasteiger partial charge in [-0.2, -0.15) is 0 Å². The molecule has 25 heavy (non-hydrogen) atoms. The van der Waals surface area contributed by atoms with Crippen LogP contribution in [0.1, 0.15) is 55.4 Å². The van der Waals surface area contributed by atoms with Gasteiger partial charge < -0.3 is 13.9 Å². The highest BCUT2D eigenvalue weighted by Gasteiger charge is 2.27. The van der Waals surface area contributed by atoms with Crippen LogP contribution in [-0.4, -0.2) is 13.1 Å². The number of allylic oxidation sites excluding steroid dienone is 2. The van der Waals surface area contributed by atoms with Gasteiger partial charge in [-0.25, -0.2) is 4.79 Å². The molecule has 1 aliphatic carbocycles. The first kappa shape index (κ1) is 17.3. The van der Waals surface area contributed by atoms with E-state index in [1.807, 2.05) is 13.8 Å². The highest BCUT2D eigenvalue weighted by molar-refractivity contribution is 5.95. The molecule has 2 aromatic rings. The molecule has 1 heterocycles. The van der Waals surface area contributed by atoms with Crippen LogP contribution in [0.15, 0.2) is 28.4 Å². The maximum absolute atomic E-state index is 12.1. The largest absolute Gasteiger partial charge is 0.492 e. The molecule has 0 radical (unpaired) electrons. The number of carbonyl (C=O) groups is 1. The standard InChI is InChI=1S/C21H24O4/c1-6-12(2)21(22)25-11-16-17-13(3)8-7-9-15(17)19(23-5)20-18(16)14(4)10-24-20/h6-7,9-10,13H,8,11H2,1-5H3/t13-/m0/s1. The Bertz CT molecular complexity index is 883. The average Bonchev–Trinajstić information content (AvgIpc) is 2.99. The number of fused-ring (bicyclic) bond motifs is 2. The van der Waals surface area contributed by atoms with Gasteiger partial charge in [0.05, 0.1) is 13.4 Å². The fraction of sp³-hybridized carbons (Fsp3) is 0.381. The number of ether oxygens (including phenoxy) is 2. The minimum Gasteiger partial charge on any atom is -0.492 e. The summed E-state index contributed by atoms with van der Waals surface area (Å²) < 4.78 is 17.0. The van der Waals surface area contributed by atoms with E-state index in [2.05, 4.69) is 19.1 Å². The second kappa shape index (κ2) is 6.79. The van der Waals surface area contributed by atoms with Crippen LogP contribution in [0.25, 0.3) is 17.0 Å². The summed E-state index contributed by atoms with van der Waals surface area (Å²) in [7, 11) is 1.66. The fourth-order valence-corrected chi connectivity index (χ4v) is 3.49. The van der Waals surface area contributed by atoms with Crippen LogP contribution in [0.3, 0.4) is 0 Å². The van der Waals surface area contributed by atoms with Gasteiger partial charge in [-0.15, -0.1) is 0 Å². The van der Waals surface area contributed by atoms with Crippen molar-refractivity contribution in [3.63, 3.8) is 0 Å².